The second-order valence-electron chi connectivity index (χ2n) is 3.81. The van der Waals surface area contributed by atoms with Crippen molar-refractivity contribution in [3.05, 3.63) is 48.0 Å². The lowest BCUT2D eigenvalue weighted by atomic mass is 10.2. The zero-order valence-electron chi connectivity index (χ0n) is 9.49. The smallest absolute Gasteiger partial charge is 0.354 e. The normalized spacial score (nSPS) is 10.8. The maximum Gasteiger partial charge on any atom is 0.354 e. The molecule has 0 bridgehead atoms. The van der Waals surface area contributed by atoms with E-state index in [1.807, 2.05) is 0 Å². The third kappa shape index (κ3) is 2.01. The minimum atomic E-state index is -1.14. The van der Waals surface area contributed by atoms with Gasteiger partial charge in [0.1, 0.15) is 5.82 Å². The molecular formula is C12H7FN4O2. The van der Waals surface area contributed by atoms with Crippen LogP contribution in [-0.2, 0) is 0 Å². The van der Waals surface area contributed by atoms with Crippen LogP contribution < -0.4 is 0 Å². The second-order valence-corrected chi connectivity index (χ2v) is 3.81. The molecule has 0 saturated heterocycles. The van der Waals surface area contributed by atoms with E-state index in [2.05, 4.69) is 15.1 Å². The summed E-state index contributed by atoms with van der Waals surface area (Å²) in [6.45, 7) is 0. The molecule has 0 saturated carbocycles. The van der Waals surface area contributed by atoms with Gasteiger partial charge in [0.2, 0.25) is 0 Å². The van der Waals surface area contributed by atoms with Crippen LogP contribution in [0.3, 0.4) is 0 Å². The number of hydrogen-bond donors (Lipinski definition) is 1. The quantitative estimate of drug-likeness (QED) is 0.755. The summed E-state index contributed by atoms with van der Waals surface area (Å²) in [4.78, 5) is 18.7. The predicted octanol–water partition coefficient (Wildman–Crippen LogP) is 1.63. The van der Waals surface area contributed by atoms with Crippen molar-refractivity contribution in [2.24, 2.45) is 0 Å². The Morgan fingerprint density at radius 3 is 2.84 bits per heavy atom. The van der Waals surface area contributed by atoms with E-state index in [1.165, 1.54) is 28.9 Å². The van der Waals surface area contributed by atoms with E-state index in [0.29, 0.717) is 5.56 Å². The van der Waals surface area contributed by atoms with Gasteiger partial charge in [0.15, 0.2) is 11.5 Å². The lowest BCUT2D eigenvalue weighted by Crippen LogP contribution is -2.02. The number of halogens is 1. The number of carboxylic acids is 1. The van der Waals surface area contributed by atoms with Crippen LogP contribution in [0.2, 0.25) is 0 Å². The average Bonchev–Trinajstić information content (AvgIpc) is 2.81. The summed E-state index contributed by atoms with van der Waals surface area (Å²) in [5, 5.41) is 12.9. The highest BCUT2D eigenvalue weighted by atomic mass is 19.1. The monoisotopic (exact) mass is 258 g/mol. The molecule has 1 aromatic carbocycles. The lowest BCUT2D eigenvalue weighted by molar-refractivity contribution is 0.0690. The Bertz CT molecular complexity index is 784. The number of benzene rings is 1. The molecule has 1 N–H and O–H groups in total. The fourth-order valence-electron chi connectivity index (χ4n) is 1.65. The molecule has 3 rings (SSSR count). The molecule has 0 atom stereocenters. The van der Waals surface area contributed by atoms with Gasteiger partial charge in [-0.3, -0.25) is 0 Å². The van der Waals surface area contributed by atoms with Crippen LogP contribution in [0.15, 0.2) is 36.5 Å². The molecule has 6 nitrogen and oxygen atoms in total. The van der Waals surface area contributed by atoms with E-state index in [9.17, 15) is 9.18 Å². The van der Waals surface area contributed by atoms with Gasteiger partial charge in [-0.2, -0.15) is 4.98 Å². The summed E-state index contributed by atoms with van der Waals surface area (Å²) in [6, 6.07) is 7.15. The van der Waals surface area contributed by atoms with E-state index in [1.54, 1.807) is 12.1 Å². The molecule has 7 heteroatoms. The van der Waals surface area contributed by atoms with Crippen molar-refractivity contribution >= 4 is 11.7 Å². The van der Waals surface area contributed by atoms with Crippen LogP contribution in [0.4, 0.5) is 4.39 Å². The summed E-state index contributed by atoms with van der Waals surface area (Å²) in [7, 11) is 0. The van der Waals surface area contributed by atoms with E-state index < -0.39 is 11.8 Å². The number of aromatic nitrogens is 4. The molecule has 0 radical (unpaired) electrons. The number of carboxylic acid groups (broad SMARTS) is 1. The van der Waals surface area contributed by atoms with E-state index in [0.717, 1.165) is 0 Å². The highest BCUT2D eigenvalue weighted by Crippen LogP contribution is 2.16. The number of nitrogens with zero attached hydrogens (tertiary/aromatic N) is 4. The topological polar surface area (TPSA) is 80.4 Å². The molecule has 94 valence electrons. The number of rotatable bonds is 2. The van der Waals surface area contributed by atoms with Crippen molar-refractivity contribution in [2.45, 2.75) is 0 Å². The highest BCUT2D eigenvalue weighted by Gasteiger charge is 2.11. The van der Waals surface area contributed by atoms with Crippen molar-refractivity contribution in [1.29, 1.82) is 0 Å². The number of carbonyl (C=O) groups is 1. The molecule has 0 amide bonds. The Kier molecular flexibility index (Phi) is 2.45. The molecule has 3 aromatic rings. The maximum absolute atomic E-state index is 13.1. The summed E-state index contributed by atoms with van der Waals surface area (Å²) >= 11 is 0. The Balaban J connectivity index is 2.14. The fourth-order valence-corrected chi connectivity index (χ4v) is 1.65. The standard InChI is InChI=1S/C12H7FN4O2/c13-8-3-1-2-7(6-8)10-15-12-14-9(11(18)19)4-5-17(12)16-10/h1-6H,(H,18,19). The van der Waals surface area contributed by atoms with Gasteiger partial charge in [0, 0.05) is 11.8 Å². The first-order valence-electron chi connectivity index (χ1n) is 5.36. The molecule has 0 unspecified atom stereocenters. The van der Waals surface area contributed by atoms with Crippen molar-refractivity contribution < 1.29 is 14.3 Å². The second kappa shape index (κ2) is 4.13. The van der Waals surface area contributed by atoms with Crippen molar-refractivity contribution in [3.8, 4) is 11.4 Å². The molecule has 2 heterocycles. The Morgan fingerprint density at radius 2 is 2.11 bits per heavy atom. The first-order chi connectivity index (χ1) is 9.13. The summed E-state index contributed by atoms with van der Waals surface area (Å²) in [5.74, 6) is -1.10. The van der Waals surface area contributed by atoms with Crippen LogP contribution in [0.25, 0.3) is 17.2 Å². The Hall–Kier alpha value is -2.83. The molecule has 0 fully saturated rings. The molecule has 0 aliphatic carbocycles. The van der Waals surface area contributed by atoms with Crippen LogP contribution >= 0.6 is 0 Å². The molecule has 19 heavy (non-hydrogen) atoms. The first-order valence-corrected chi connectivity index (χ1v) is 5.36. The Labute approximate surface area is 106 Å². The molecule has 0 aliphatic rings. The summed E-state index contributed by atoms with van der Waals surface area (Å²) in [6.07, 6.45) is 1.45. The van der Waals surface area contributed by atoms with Gasteiger partial charge < -0.3 is 5.11 Å². The van der Waals surface area contributed by atoms with Crippen LogP contribution in [0, 0.1) is 5.82 Å². The molecule has 0 aliphatic heterocycles. The van der Waals surface area contributed by atoms with Crippen LogP contribution in [0.5, 0.6) is 0 Å². The number of aromatic carboxylic acids is 1. The van der Waals surface area contributed by atoms with Crippen molar-refractivity contribution in [3.63, 3.8) is 0 Å². The predicted molar refractivity (Wildman–Crippen MR) is 63.1 cm³/mol. The molecule has 0 spiro atoms. The largest absolute Gasteiger partial charge is 0.477 e. The van der Waals surface area contributed by atoms with Gasteiger partial charge in [-0.1, -0.05) is 12.1 Å². The minimum Gasteiger partial charge on any atom is -0.477 e. The first kappa shape index (κ1) is 11.3. The minimum absolute atomic E-state index is 0.120. The van der Waals surface area contributed by atoms with Crippen LogP contribution in [-0.4, -0.2) is 30.7 Å². The number of hydrogen-bond acceptors (Lipinski definition) is 4. The van der Waals surface area contributed by atoms with Crippen molar-refractivity contribution in [1.82, 2.24) is 19.6 Å². The average molecular weight is 258 g/mol. The van der Waals surface area contributed by atoms with Crippen molar-refractivity contribution in [2.75, 3.05) is 0 Å². The van der Waals surface area contributed by atoms with Gasteiger partial charge in [-0.25, -0.2) is 18.7 Å². The Morgan fingerprint density at radius 1 is 1.26 bits per heavy atom. The van der Waals surface area contributed by atoms with Gasteiger partial charge in [0.25, 0.3) is 5.78 Å². The summed E-state index contributed by atoms with van der Waals surface area (Å²) < 4.78 is 14.5. The lowest BCUT2D eigenvalue weighted by Gasteiger charge is -1.93. The van der Waals surface area contributed by atoms with Gasteiger partial charge in [-0.05, 0) is 18.2 Å². The van der Waals surface area contributed by atoms with Crippen LogP contribution in [0.1, 0.15) is 10.5 Å². The molecular weight excluding hydrogens is 251 g/mol. The van der Waals surface area contributed by atoms with Gasteiger partial charge in [-0.15, -0.1) is 5.10 Å². The molecule has 2 aromatic heterocycles. The zero-order valence-corrected chi connectivity index (χ0v) is 9.49. The fraction of sp³-hybridized carbons (Fsp3) is 0. The van der Waals surface area contributed by atoms with E-state index >= 15 is 0 Å². The third-order valence-electron chi connectivity index (χ3n) is 2.51. The summed E-state index contributed by atoms with van der Waals surface area (Å²) in [5.41, 5.74) is 0.382. The van der Waals surface area contributed by atoms with Gasteiger partial charge in [0.05, 0.1) is 0 Å². The maximum atomic E-state index is 13.1. The zero-order chi connectivity index (χ0) is 13.4. The SMILES string of the molecule is O=C(O)c1ccn2nc(-c3cccc(F)c3)nc2n1. The number of fused-ring (bicyclic) bond motifs is 1. The van der Waals surface area contributed by atoms with E-state index in [4.69, 9.17) is 5.11 Å². The third-order valence-corrected chi connectivity index (χ3v) is 2.51. The van der Waals surface area contributed by atoms with E-state index in [-0.39, 0.29) is 17.3 Å². The highest BCUT2D eigenvalue weighted by molar-refractivity contribution is 5.85. The van der Waals surface area contributed by atoms with Gasteiger partial charge >= 0.3 is 5.97 Å².